The fraction of sp³-hybridized carbons (Fsp3) is 0.333. The van der Waals surface area contributed by atoms with E-state index in [1.807, 2.05) is 18.2 Å². The van der Waals surface area contributed by atoms with Crippen LogP contribution in [-0.2, 0) is 11.2 Å². The Morgan fingerprint density at radius 3 is 2.90 bits per heavy atom. The molecule has 0 aliphatic carbocycles. The zero-order chi connectivity index (χ0) is 15.2. The molecule has 1 heterocycles. The number of rotatable bonds is 6. The van der Waals surface area contributed by atoms with Crippen LogP contribution < -0.4 is 0 Å². The van der Waals surface area contributed by atoms with Gasteiger partial charge in [0.05, 0.1) is 17.8 Å². The predicted molar refractivity (Wildman–Crippen MR) is 80.0 cm³/mol. The number of aliphatic hydroxyl groups excluding tert-OH is 1. The minimum atomic E-state index is -0.0541. The quantitative estimate of drug-likeness (QED) is 0.889. The first-order valence-corrected chi connectivity index (χ1v) is 7.04. The summed E-state index contributed by atoms with van der Waals surface area (Å²) in [6.45, 7) is 0.285. The van der Waals surface area contributed by atoms with Crippen LogP contribution in [0.15, 0.2) is 34.9 Å². The van der Waals surface area contributed by atoms with Gasteiger partial charge in [-0.05, 0) is 12.1 Å². The Morgan fingerprint density at radius 2 is 2.19 bits per heavy atom. The molecule has 0 radical (unpaired) electrons. The summed E-state index contributed by atoms with van der Waals surface area (Å²) in [5.41, 5.74) is 0.779. The Hall–Kier alpha value is -1.85. The molecule has 0 saturated carbocycles. The van der Waals surface area contributed by atoms with Gasteiger partial charge in [0, 0.05) is 32.0 Å². The number of hydrogen-bond donors (Lipinski definition) is 1. The van der Waals surface area contributed by atoms with E-state index in [-0.39, 0.29) is 12.5 Å². The molecule has 1 N–H and O–H groups in total. The minimum Gasteiger partial charge on any atom is -0.441 e. The van der Waals surface area contributed by atoms with Crippen molar-refractivity contribution in [2.75, 3.05) is 20.2 Å². The van der Waals surface area contributed by atoms with Gasteiger partial charge < -0.3 is 14.4 Å². The third-order valence-corrected chi connectivity index (χ3v) is 3.44. The number of carbonyl (C=O) groups is 1. The van der Waals surface area contributed by atoms with E-state index >= 15 is 0 Å². The lowest BCUT2D eigenvalue weighted by Gasteiger charge is -2.14. The van der Waals surface area contributed by atoms with Crippen molar-refractivity contribution in [1.82, 2.24) is 9.88 Å². The smallest absolute Gasteiger partial charge is 0.222 e. The lowest BCUT2D eigenvalue weighted by atomic mass is 10.2. The van der Waals surface area contributed by atoms with Crippen LogP contribution in [0.2, 0.25) is 5.02 Å². The number of aliphatic hydroxyl groups is 1. The highest BCUT2D eigenvalue weighted by atomic mass is 35.5. The zero-order valence-corrected chi connectivity index (χ0v) is 12.5. The Morgan fingerprint density at radius 1 is 1.43 bits per heavy atom. The number of aromatic nitrogens is 1. The first kappa shape index (κ1) is 15.5. The molecule has 1 amide bonds. The van der Waals surface area contributed by atoms with Crippen LogP contribution in [0, 0.1) is 0 Å². The first-order valence-electron chi connectivity index (χ1n) is 6.66. The Balaban J connectivity index is 1.98. The largest absolute Gasteiger partial charge is 0.441 e. The summed E-state index contributed by atoms with van der Waals surface area (Å²) in [6, 6.07) is 7.36. The number of halogens is 1. The molecule has 0 unspecified atom stereocenters. The predicted octanol–water partition coefficient (Wildman–Crippen LogP) is 2.38. The molecule has 112 valence electrons. The van der Waals surface area contributed by atoms with Crippen molar-refractivity contribution >= 4 is 17.5 Å². The highest BCUT2D eigenvalue weighted by Crippen LogP contribution is 2.28. The summed E-state index contributed by atoms with van der Waals surface area (Å²) in [4.78, 5) is 17.4. The number of likely N-dealkylation sites (N-methyl/N-ethyl adjacent to an activating group) is 1. The molecule has 0 aliphatic heterocycles. The van der Waals surface area contributed by atoms with Gasteiger partial charge >= 0.3 is 0 Å². The molecule has 6 heteroatoms. The number of amides is 1. The normalized spacial score (nSPS) is 10.6. The van der Waals surface area contributed by atoms with Crippen LogP contribution in [-0.4, -0.2) is 41.1 Å². The molecule has 0 bridgehead atoms. The van der Waals surface area contributed by atoms with Crippen LogP contribution in [0.1, 0.15) is 12.3 Å². The van der Waals surface area contributed by atoms with Crippen LogP contribution in [0.4, 0.5) is 0 Å². The molecule has 21 heavy (non-hydrogen) atoms. The van der Waals surface area contributed by atoms with E-state index in [9.17, 15) is 4.79 Å². The summed E-state index contributed by atoms with van der Waals surface area (Å²) in [5, 5.41) is 9.39. The Kier molecular flexibility index (Phi) is 5.36. The molecule has 0 spiro atoms. The summed E-state index contributed by atoms with van der Waals surface area (Å²) in [5.74, 6) is 1.03. The van der Waals surface area contributed by atoms with Crippen molar-refractivity contribution in [2.45, 2.75) is 12.8 Å². The monoisotopic (exact) mass is 308 g/mol. The van der Waals surface area contributed by atoms with Gasteiger partial charge in [-0.2, -0.15) is 0 Å². The second-order valence-corrected chi connectivity index (χ2v) is 5.04. The molecule has 0 atom stereocenters. The number of nitrogens with zero attached hydrogens (tertiary/aromatic N) is 2. The number of hydrogen-bond acceptors (Lipinski definition) is 4. The molecular weight excluding hydrogens is 292 g/mol. The molecule has 5 nitrogen and oxygen atoms in total. The summed E-state index contributed by atoms with van der Waals surface area (Å²) in [6.07, 6.45) is 2.32. The zero-order valence-electron chi connectivity index (χ0n) is 11.8. The van der Waals surface area contributed by atoms with Gasteiger partial charge in [0.2, 0.25) is 5.91 Å². The number of aryl methyl sites for hydroxylation is 1. The SMILES string of the molecule is CN(CCO)C(=O)CCc1ncc(-c2ccccc2Cl)o1. The second-order valence-electron chi connectivity index (χ2n) is 4.64. The van der Waals surface area contributed by atoms with E-state index in [0.29, 0.717) is 36.1 Å². The van der Waals surface area contributed by atoms with Crippen molar-refractivity contribution in [1.29, 1.82) is 0 Å². The van der Waals surface area contributed by atoms with Gasteiger partial charge in [-0.3, -0.25) is 4.79 Å². The third kappa shape index (κ3) is 4.06. The van der Waals surface area contributed by atoms with E-state index in [1.54, 1.807) is 19.3 Å². The molecule has 0 saturated heterocycles. The van der Waals surface area contributed by atoms with Gasteiger partial charge in [0.15, 0.2) is 11.7 Å². The topological polar surface area (TPSA) is 66.6 Å². The van der Waals surface area contributed by atoms with Crippen LogP contribution >= 0.6 is 11.6 Å². The summed E-state index contributed by atoms with van der Waals surface area (Å²) >= 11 is 6.10. The fourth-order valence-electron chi connectivity index (χ4n) is 1.89. The fourth-order valence-corrected chi connectivity index (χ4v) is 2.12. The maximum absolute atomic E-state index is 11.8. The molecule has 0 fully saturated rings. The molecular formula is C15H17ClN2O3. The van der Waals surface area contributed by atoms with Crippen molar-refractivity contribution in [3.8, 4) is 11.3 Å². The lowest BCUT2D eigenvalue weighted by molar-refractivity contribution is -0.130. The van der Waals surface area contributed by atoms with Crippen molar-refractivity contribution < 1.29 is 14.3 Å². The minimum absolute atomic E-state index is 0.0438. The van der Waals surface area contributed by atoms with Gasteiger partial charge in [0.25, 0.3) is 0 Å². The van der Waals surface area contributed by atoms with E-state index in [2.05, 4.69) is 4.98 Å². The molecule has 1 aromatic heterocycles. The van der Waals surface area contributed by atoms with Crippen molar-refractivity contribution in [3.05, 3.63) is 41.4 Å². The molecule has 0 aliphatic rings. The van der Waals surface area contributed by atoms with Gasteiger partial charge in [-0.25, -0.2) is 4.98 Å². The summed E-state index contributed by atoms with van der Waals surface area (Å²) < 4.78 is 5.62. The summed E-state index contributed by atoms with van der Waals surface area (Å²) in [7, 11) is 1.66. The van der Waals surface area contributed by atoms with Crippen LogP contribution in [0.5, 0.6) is 0 Å². The molecule has 2 aromatic rings. The van der Waals surface area contributed by atoms with E-state index in [4.69, 9.17) is 21.1 Å². The Labute approximate surface area is 128 Å². The third-order valence-electron chi connectivity index (χ3n) is 3.11. The molecule has 1 aromatic carbocycles. The maximum atomic E-state index is 11.8. The van der Waals surface area contributed by atoms with Gasteiger partial charge in [-0.15, -0.1) is 0 Å². The van der Waals surface area contributed by atoms with Crippen molar-refractivity contribution in [3.63, 3.8) is 0 Å². The average molecular weight is 309 g/mol. The lowest BCUT2D eigenvalue weighted by Crippen LogP contribution is -2.29. The van der Waals surface area contributed by atoms with Gasteiger partial charge in [-0.1, -0.05) is 23.7 Å². The van der Waals surface area contributed by atoms with Crippen LogP contribution in [0.3, 0.4) is 0 Å². The highest BCUT2D eigenvalue weighted by Gasteiger charge is 2.12. The highest BCUT2D eigenvalue weighted by molar-refractivity contribution is 6.33. The Bertz CT molecular complexity index is 612. The average Bonchev–Trinajstić information content (AvgIpc) is 2.94. The first-order chi connectivity index (χ1) is 10.1. The van der Waals surface area contributed by atoms with Gasteiger partial charge in [0.1, 0.15) is 0 Å². The standard InChI is InChI=1S/C15H17ClN2O3/c1-18(8-9-19)15(20)7-6-14-17-10-13(21-14)11-4-2-3-5-12(11)16/h2-5,10,19H,6-9H2,1H3. The number of carbonyl (C=O) groups excluding carboxylic acids is 1. The van der Waals surface area contributed by atoms with Crippen LogP contribution in [0.25, 0.3) is 11.3 Å². The van der Waals surface area contributed by atoms with Crippen molar-refractivity contribution in [2.24, 2.45) is 0 Å². The maximum Gasteiger partial charge on any atom is 0.222 e. The number of benzene rings is 1. The number of oxazole rings is 1. The van der Waals surface area contributed by atoms with E-state index in [1.165, 1.54) is 4.90 Å². The van der Waals surface area contributed by atoms with E-state index < -0.39 is 0 Å². The van der Waals surface area contributed by atoms with E-state index in [0.717, 1.165) is 5.56 Å². The molecule has 2 rings (SSSR count). The second kappa shape index (κ2) is 7.24.